The highest BCUT2D eigenvalue weighted by Crippen LogP contribution is 2.23. The minimum absolute atomic E-state index is 0.0682. The second kappa shape index (κ2) is 13.9. The molecule has 1 saturated heterocycles. The summed E-state index contributed by atoms with van der Waals surface area (Å²) in [5, 5.41) is 2.54. The van der Waals surface area contributed by atoms with E-state index in [-0.39, 0.29) is 11.2 Å². The van der Waals surface area contributed by atoms with Gasteiger partial charge in [0.1, 0.15) is 0 Å². The van der Waals surface area contributed by atoms with Gasteiger partial charge in [0.25, 0.3) is 0 Å². The molecule has 5 heteroatoms. The minimum atomic E-state index is -0.0717. The van der Waals surface area contributed by atoms with E-state index < -0.39 is 0 Å². The van der Waals surface area contributed by atoms with Gasteiger partial charge in [-0.25, -0.2) is 4.59 Å². The molecule has 31 heavy (non-hydrogen) atoms. The van der Waals surface area contributed by atoms with Gasteiger partial charge in [0.05, 0.1) is 45.0 Å². The summed E-state index contributed by atoms with van der Waals surface area (Å²) in [6.07, 6.45) is 3.10. The number of ether oxygens (including phenoxy) is 2. The van der Waals surface area contributed by atoms with Crippen molar-refractivity contribution >= 4 is 0 Å². The van der Waals surface area contributed by atoms with Crippen LogP contribution in [0.15, 0.2) is 12.2 Å². The summed E-state index contributed by atoms with van der Waals surface area (Å²) in [6, 6.07) is 0. The predicted octanol–water partition coefficient (Wildman–Crippen LogP) is 5.57. The van der Waals surface area contributed by atoms with Crippen molar-refractivity contribution in [3.8, 4) is 0 Å². The Morgan fingerprint density at radius 3 is 2.00 bits per heavy atom. The van der Waals surface area contributed by atoms with E-state index in [4.69, 9.17) is 9.47 Å². The van der Waals surface area contributed by atoms with E-state index >= 15 is 0 Å². The van der Waals surface area contributed by atoms with Crippen LogP contribution in [-0.2, 0) is 9.47 Å². The van der Waals surface area contributed by atoms with Crippen molar-refractivity contribution < 1.29 is 14.1 Å². The first-order chi connectivity index (χ1) is 14.2. The Hall–Kier alpha value is -0.460. The lowest BCUT2D eigenvalue weighted by Gasteiger charge is -2.45. The van der Waals surface area contributed by atoms with Gasteiger partial charge in [0.2, 0.25) is 6.73 Å². The Labute approximate surface area is 195 Å². The Morgan fingerprint density at radius 2 is 1.52 bits per heavy atom. The molecule has 1 aliphatic rings. The van der Waals surface area contributed by atoms with Crippen LogP contribution in [0.25, 0.3) is 0 Å². The zero-order chi connectivity index (χ0) is 24.3. The van der Waals surface area contributed by atoms with Crippen molar-refractivity contribution in [3.05, 3.63) is 12.2 Å². The molecular weight excluding hydrogens is 386 g/mol. The van der Waals surface area contributed by atoms with Crippen LogP contribution in [-0.4, -0.2) is 85.9 Å². The normalized spacial score (nSPS) is 16.9. The Balaban J connectivity index is 0.00000436. The van der Waals surface area contributed by atoms with Crippen molar-refractivity contribution in [3.63, 3.8) is 0 Å². The maximum Gasteiger partial charge on any atom is 0.201 e. The molecule has 1 rings (SSSR count). The highest BCUT2D eigenvalue weighted by molar-refractivity contribution is 4.87. The highest BCUT2D eigenvalue weighted by atomic mass is 16.5. The van der Waals surface area contributed by atoms with E-state index in [0.29, 0.717) is 5.92 Å². The molecule has 0 atom stereocenters. The number of nitrogens with zero attached hydrogens (tertiary/aromatic N) is 3. The molecule has 0 aromatic heterocycles. The quantitative estimate of drug-likeness (QED) is 0.211. The summed E-state index contributed by atoms with van der Waals surface area (Å²) in [4.78, 5) is 2.57. The summed E-state index contributed by atoms with van der Waals surface area (Å²) in [7, 11) is 4.53. The summed E-state index contributed by atoms with van der Waals surface area (Å²) >= 11 is 0. The topological polar surface area (TPSA) is 24.9 Å². The number of rotatable bonds is 13. The van der Waals surface area contributed by atoms with Gasteiger partial charge in [-0.05, 0) is 59.8 Å². The molecule has 0 bridgehead atoms. The lowest BCUT2D eigenvalue weighted by molar-refractivity contribution is -1.02. The average Bonchev–Trinajstić information content (AvgIpc) is 2.66. The molecule has 0 saturated carbocycles. The number of piperazine rings is 1. The minimum Gasteiger partial charge on any atom is -0.375 e. The van der Waals surface area contributed by atoms with Gasteiger partial charge in [-0.2, -0.15) is 5.01 Å². The molecule has 0 unspecified atom stereocenters. The fourth-order valence-electron chi connectivity index (χ4n) is 3.96. The second-order valence-electron chi connectivity index (χ2n) is 11.1. The van der Waals surface area contributed by atoms with Crippen LogP contribution < -0.4 is 0 Å². The maximum absolute atomic E-state index is 6.33. The van der Waals surface area contributed by atoms with Gasteiger partial charge in [0, 0.05) is 19.6 Å². The molecule has 186 valence electrons. The molecule has 0 amide bonds. The van der Waals surface area contributed by atoms with Crippen molar-refractivity contribution in [1.82, 2.24) is 9.91 Å². The number of quaternary nitrogens is 1. The molecule has 0 aromatic carbocycles. The number of hydrogen-bond acceptors (Lipinski definition) is 4. The lowest BCUT2D eigenvalue weighted by Crippen LogP contribution is -2.62. The average molecular weight is 443 g/mol. The van der Waals surface area contributed by atoms with Gasteiger partial charge >= 0.3 is 0 Å². The summed E-state index contributed by atoms with van der Waals surface area (Å²) in [6.45, 7) is 30.4. The fraction of sp³-hybridized carbons (Fsp3) is 0.923. The van der Waals surface area contributed by atoms with E-state index in [1.807, 2.05) is 13.8 Å². The van der Waals surface area contributed by atoms with Gasteiger partial charge < -0.3 is 14.4 Å². The van der Waals surface area contributed by atoms with Gasteiger partial charge in [-0.15, -0.1) is 6.58 Å². The van der Waals surface area contributed by atoms with Gasteiger partial charge in [-0.1, -0.05) is 33.3 Å². The molecule has 0 radical (unpaired) electrons. The van der Waals surface area contributed by atoms with Crippen LogP contribution in [0, 0.1) is 5.92 Å². The highest BCUT2D eigenvalue weighted by Gasteiger charge is 2.33. The summed E-state index contributed by atoms with van der Waals surface area (Å²) in [5.41, 5.74) is 1.05. The van der Waals surface area contributed by atoms with Crippen LogP contribution >= 0.6 is 0 Å². The molecule has 0 aliphatic carbocycles. The molecule has 0 N–H and O–H groups in total. The second-order valence-corrected chi connectivity index (χ2v) is 11.1. The molecule has 0 spiro atoms. The maximum atomic E-state index is 6.33. The molecule has 5 nitrogen and oxygen atoms in total. The third-order valence-electron chi connectivity index (χ3n) is 5.84. The largest absolute Gasteiger partial charge is 0.375 e. The predicted molar refractivity (Wildman–Crippen MR) is 135 cm³/mol. The third-order valence-corrected chi connectivity index (χ3v) is 5.84. The smallest absolute Gasteiger partial charge is 0.201 e. The molecule has 0 aromatic rings. The fourth-order valence-corrected chi connectivity index (χ4v) is 3.96. The summed E-state index contributed by atoms with van der Waals surface area (Å²) in [5.74, 6) is 0.651. The van der Waals surface area contributed by atoms with Gasteiger partial charge in [0.15, 0.2) is 0 Å². The van der Waals surface area contributed by atoms with E-state index in [2.05, 4.69) is 79.0 Å². The first kappa shape index (κ1) is 30.5. The van der Waals surface area contributed by atoms with Crippen molar-refractivity contribution in [2.45, 2.75) is 92.8 Å². The van der Waals surface area contributed by atoms with Crippen molar-refractivity contribution in [2.75, 3.05) is 60.2 Å². The molecular formula is C26H56N3O2+. The first-order valence-electron chi connectivity index (χ1n) is 12.5. The van der Waals surface area contributed by atoms with Crippen LogP contribution in [0.3, 0.4) is 0 Å². The zero-order valence-electron chi connectivity index (χ0n) is 23.0. The Morgan fingerprint density at radius 1 is 0.968 bits per heavy atom. The summed E-state index contributed by atoms with van der Waals surface area (Å²) < 4.78 is 13.2. The zero-order valence-corrected chi connectivity index (χ0v) is 23.0. The van der Waals surface area contributed by atoms with Crippen LogP contribution in [0.1, 0.15) is 81.6 Å². The molecule has 1 heterocycles. The Kier molecular flexibility index (Phi) is 13.7. The lowest BCUT2D eigenvalue weighted by atomic mass is 9.96. The van der Waals surface area contributed by atoms with Crippen LogP contribution in [0.4, 0.5) is 0 Å². The van der Waals surface area contributed by atoms with Crippen molar-refractivity contribution in [1.29, 1.82) is 0 Å². The van der Waals surface area contributed by atoms with E-state index in [9.17, 15) is 0 Å². The van der Waals surface area contributed by atoms with Gasteiger partial charge in [-0.3, -0.25) is 0 Å². The Bertz CT molecular complexity index is 493. The SMILES string of the molecule is C=C(C)CCOC(C)(C)CCN1CCN([N+](C)(C)COC(C)(C)CC(C)C)CC1.CC. The van der Waals surface area contributed by atoms with E-state index in [0.717, 1.165) is 69.9 Å². The van der Waals surface area contributed by atoms with E-state index in [1.165, 1.54) is 5.57 Å². The molecule has 1 aliphatic heterocycles. The molecule has 1 fully saturated rings. The van der Waals surface area contributed by atoms with Crippen molar-refractivity contribution in [2.24, 2.45) is 5.92 Å². The standard InChI is InChI=1S/C24H50N3O2.C2H6/c1-21(2)11-18-28-23(5,6)12-13-25-14-16-26(17-15-25)27(9,10)20-29-24(7,8)19-22(3)4;1-2/h22H,1,11-20H2,2-10H3;1-2H3/q+1;. The van der Waals surface area contributed by atoms with Crippen LogP contribution in [0.2, 0.25) is 0 Å². The van der Waals surface area contributed by atoms with Crippen LogP contribution in [0.5, 0.6) is 0 Å². The first-order valence-corrected chi connectivity index (χ1v) is 12.5. The monoisotopic (exact) mass is 442 g/mol. The number of hydrogen-bond donors (Lipinski definition) is 0. The third kappa shape index (κ3) is 13.6. The van der Waals surface area contributed by atoms with E-state index in [1.54, 1.807) is 0 Å².